The lowest BCUT2D eigenvalue weighted by atomic mass is 9.84. The number of nitrogens with zero attached hydrogens (tertiary/aromatic N) is 3. The first-order valence-electron chi connectivity index (χ1n) is 38.0. The molecule has 24 nitrogen and oxygen atoms in total. The van der Waals surface area contributed by atoms with Crippen LogP contribution in [0.4, 0.5) is 30.6 Å². The molecule has 31 heteroatoms. The summed E-state index contributed by atoms with van der Waals surface area (Å²) in [6, 6.07) is 12.4. The molecule has 0 aromatic heterocycles. The fourth-order valence-electron chi connectivity index (χ4n) is 13.2. The number of carbonyl (C=O) groups is 5. The van der Waals surface area contributed by atoms with Gasteiger partial charge in [0, 0.05) is 102 Å². The molecule has 0 spiro atoms. The van der Waals surface area contributed by atoms with E-state index < -0.39 is 41.6 Å². The highest BCUT2D eigenvalue weighted by molar-refractivity contribution is 8.13. The van der Waals surface area contributed by atoms with Gasteiger partial charge in [-0.05, 0) is 266 Å². The molecular weight excluding hydrogens is 1530 g/mol. The fourth-order valence-corrected chi connectivity index (χ4v) is 14.4. The number of esters is 1. The van der Waals surface area contributed by atoms with E-state index in [4.69, 9.17) is 79.4 Å². The average Bonchev–Trinajstić information content (AvgIpc) is 0.834. The van der Waals surface area contributed by atoms with Crippen molar-refractivity contribution in [2.75, 3.05) is 101 Å². The van der Waals surface area contributed by atoms with Crippen LogP contribution in [0.1, 0.15) is 227 Å². The lowest BCUT2D eigenvalue weighted by Crippen LogP contribution is -2.47. The second kappa shape index (κ2) is 49.4. The number of hydrogen-bond donors (Lipinski definition) is 6. The predicted octanol–water partition coefficient (Wildman–Crippen LogP) is 17.0. The van der Waals surface area contributed by atoms with Crippen molar-refractivity contribution in [3.63, 3.8) is 0 Å². The Bertz CT molecular complexity index is 3180. The third-order valence-corrected chi connectivity index (χ3v) is 20.5. The van der Waals surface area contributed by atoms with Crippen LogP contribution < -0.4 is 36.4 Å². The SMILES string of the molecule is C.CC(C)(C)OC(=O)NC1CCC(CCN2CCN(c3cccc(Cl)c3Cl)CC2)CC1.CC(C)(C)OC(=O)NC1CCC(CCO)CC1.CC(C)(C)OC(=O)NC1CCC(CCOS(C)(=O)=O)CC1.CCOC(=O)CC1CCC(NC(=O)OC(C)(C)C)CC1.CS(=O)(=O)Cl.Clc1cccc(N2CCNCC2)c1Cl.[2HH]. The lowest BCUT2D eigenvalue weighted by Gasteiger charge is -2.37. The number of carbonyl (C=O) groups excluding carboxylic acids is 5. The van der Waals surface area contributed by atoms with Crippen molar-refractivity contribution >= 4 is 118 Å². The van der Waals surface area contributed by atoms with Gasteiger partial charge in [-0.3, -0.25) is 13.9 Å². The molecule has 2 saturated heterocycles. The van der Waals surface area contributed by atoms with Gasteiger partial charge in [-0.25, -0.2) is 27.6 Å². The van der Waals surface area contributed by atoms with Gasteiger partial charge in [0.25, 0.3) is 10.1 Å². The first kappa shape index (κ1) is 99.9. The van der Waals surface area contributed by atoms with E-state index in [1.807, 2.05) is 126 Å². The Morgan fingerprint density at radius 1 is 0.500 bits per heavy atom. The molecule has 4 aliphatic carbocycles. The molecule has 8 rings (SSSR count). The molecule has 0 radical (unpaired) electrons. The van der Waals surface area contributed by atoms with Gasteiger partial charge in [-0.1, -0.05) is 66.0 Å². The number of benzene rings is 2. The second-order valence-electron chi connectivity index (χ2n) is 32.5. The summed E-state index contributed by atoms with van der Waals surface area (Å²) in [7, 11) is -2.03. The van der Waals surface area contributed by atoms with E-state index in [9.17, 15) is 40.8 Å². The van der Waals surface area contributed by atoms with E-state index in [-0.39, 0.29) is 76.6 Å². The van der Waals surface area contributed by atoms with Gasteiger partial charge in [-0.2, -0.15) is 8.42 Å². The fraction of sp³-hybridized carbons (Fsp3) is 0.779. The van der Waals surface area contributed by atoms with Crippen LogP contribution in [0, 0.1) is 23.7 Å². The molecule has 6 N–H and O–H groups in total. The number of halogens is 5. The third-order valence-electron chi connectivity index (χ3n) is 18.3. The number of ether oxygens (including phenoxy) is 5. The van der Waals surface area contributed by atoms with Gasteiger partial charge >= 0.3 is 30.3 Å². The van der Waals surface area contributed by atoms with Crippen LogP contribution in [-0.4, -0.2) is 195 Å². The summed E-state index contributed by atoms with van der Waals surface area (Å²) >= 11 is 24.6. The molecule has 626 valence electrons. The van der Waals surface area contributed by atoms with Gasteiger partial charge in [0.15, 0.2) is 0 Å². The van der Waals surface area contributed by atoms with Crippen molar-refractivity contribution in [3.8, 4) is 0 Å². The summed E-state index contributed by atoms with van der Waals surface area (Å²) in [5.41, 5.74) is 0.261. The topological polar surface area (TPSA) is 299 Å². The molecule has 6 fully saturated rings. The van der Waals surface area contributed by atoms with E-state index in [0.717, 1.165) is 191 Å². The standard InChI is InChI=1S/C23H35Cl2N3O2.C15H27NO4.C14H27NO5S.C13H25NO3.C10H12Cl2N2.CH3ClO2S.CH4.H2/c1-23(2,3)30-22(29)26-18-9-7-17(8-10-18)11-12-27-13-15-28(16-14-27)20-6-4-5-19(24)21(20)25;1-5-19-13(17)10-11-6-8-12(9-7-11)16-14(18)20-15(2,3)4;1-14(2,3)20-13(16)15-12-7-5-11(6-8-12)9-10-19-21(4,17)18;1-13(2,3)17-12(16)14-11-6-4-10(5-7-11)8-9-15;11-8-2-1-3-9(10(8)12)14-6-4-13-5-7-14;1-5(2,3)4;;/h4-6,17-18H,7-16H2,1-3H3,(H,26,29);11-12H,5-10H2,1-4H3,(H,16,18);11-12H,5-10H2,1-4H3,(H,15,16);10-11,15H,4-9H2,1-3H3,(H,14,16);1-3,13H,4-7H2;1H3;1H4;1H/i;;;;;;;1+1. The summed E-state index contributed by atoms with van der Waals surface area (Å²) in [4.78, 5) is 65.4. The van der Waals surface area contributed by atoms with Crippen LogP contribution in [0.25, 0.3) is 0 Å². The Labute approximate surface area is 673 Å². The van der Waals surface area contributed by atoms with Crippen LogP contribution in [0.2, 0.25) is 20.1 Å². The zero-order valence-corrected chi connectivity index (χ0v) is 71.7. The van der Waals surface area contributed by atoms with E-state index >= 15 is 0 Å². The minimum Gasteiger partial charge on any atom is -0.466 e. The highest BCUT2D eigenvalue weighted by atomic mass is 35.7. The maximum absolute atomic E-state index is 11.9. The van der Waals surface area contributed by atoms with E-state index in [1.54, 1.807) is 0 Å². The molecule has 4 amide bonds. The third kappa shape index (κ3) is 47.3. The molecule has 4 saturated carbocycles. The first-order chi connectivity index (χ1) is 49.7. The molecule has 0 unspecified atom stereocenters. The normalized spacial score (nSPS) is 22.1. The Morgan fingerprint density at radius 2 is 0.815 bits per heavy atom. The monoisotopic (exact) mass is 1670 g/mol. The van der Waals surface area contributed by atoms with Crippen LogP contribution >= 0.6 is 57.1 Å². The van der Waals surface area contributed by atoms with Crippen molar-refractivity contribution in [1.82, 2.24) is 31.5 Å². The number of nitrogens with one attached hydrogen (secondary N) is 5. The number of aliphatic hydroxyl groups is 1. The smallest absolute Gasteiger partial charge is 0.407 e. The quantitative estimate of drug-likeness (QED) is 0.0350. The maximum Gasteiger partial charge on any atom is 0.407 e. The van der Waals surface area contributed by atoms with Gasteiger partial charge in [0.05, 0.1) is 57.2 Å². The molecule has 108 heavy (non-hydrogen) atoms. The first-order valence-corrected chi connectivity index (χ1v) is 44.1. The molecule has 2 aliphatic heterocycles. The summed E-state index contributed by atoms with van der Waals surface area (Å²) in [5, 5.41) is 26.5. The Hall–Kier alpha value is -4.22. The van der Waals surface area contributed by atoms with Crippen LogP contribution in [-0.2, 0) is 51.8 Å². The van der Waals surface area contributed by atoms with Crippen molar-refractivity contribution < 1.29 is 75.2 Å². The van der Waals surface area contributed by atoms with E-state index in [1.165, 1.54) is 19.3 Å². The number of rotatable bonds is 18. The highest BCUT2D eigenvalue weighted by Gasteiger charge is 2.31. The van der Waals surface area contributed by atoms with E-state index in [2.05, 4.69) is 52.0 Å². The second-order valence-corrected chi connectivity index (χ2v) is 38.7. The predicted molar refractivity (Wildman–Crippen MR) is 440 cm³/mol. The van der Waals surface area contributed by atoms with Crippen molar-refractivity contribution in [2.24, 2.45) is 23.7 Å². The van der Waals surface area contributed by atoms with Gasteiger partial charge in [-0.15, -0.1) is 0 Å². The zero-order chi connectivity index (χ0) is 80.3. The number of piperazine rings is 2. The zero-order valence-electron chi connectivity index (χ0n) is 66.3. The minimum absolute atomic E-state index is 0. The summed E-state index contributed by atoms with van der Waals surface area (Å²) in [6.45, 7) is 34.3. The molecule has 0 atom stereocenters. The van der Waals surface area contributed by atoms with Crippen LogP contribution in [0.3, 0.4) is 0 Å². The maximum atomic E-state index is 11.9. The summed E-state index contributed by atoms with van der Waals surface area (Å²) in [6.07, 6.45) is 20.0. The van der Waals surface area contributed by atoms with Crippen LogP contribution in [0.5, 0.6) is 0 Å². The van der Waals surface area contributed by atoms with Crippen molar-refractivity contribution in [2.45, 2.75) is 272 Å². The number of aliphatic hydroxyl groups excluding tert-OH is 1. The van der Waals surface area contributed by atoms with Gasteiger partial charge < -0.3 is 65.2 Å². The summed E-state index contributed by atoms with van der Waals surface area (Å²) < 4.78 is 71.3. The van der Waals surface area contributed by atoms with Gasteiger partial charge in [0.2, 0.25) is 9.05 Å². The van der Waals surface area contributed by atoms with Crippen LogP contribution in [0.15, 0.2) is 36.4 Å². The average molecular weight is 1670 g/mol. The molecule has 6 aliphatic rings. The molecule has 2 heterocycles. The largest absolute Gasteiger partial charge is 0.466 e. The summed E-state index contributed by atoms with van der Waals surface area (Å²) in [5.74, 6) is 2.10. The molecular formula is C77H135Cl5N8O16S2. The van der Waals surface area contributed by atoms with Crippen molar-refractivity contribution in [3.05, 3.63) is 56.5 Å². The number of amides is 4. The number of hydrogen-bond acceptors (Lipinski definition) is 20. The van der Waals surface area contributed by atoms with Gasteiger partial charge in [0.1, 0.15) is 22.4 Å². The number of anilines is 2. The lowest BCUT2D eigenvalue weighted by molar-refractivity contribution is -0.144. The Morgan fingerprint density at radius 3 is 1.13 bits per heavy atom. The van der Waals surface area contributed by atoms with Crippen molar-refractivity contribution in [1.29, 1.82) is 0 Å². The highest BCUT2D eigenvalue weighted by Crippen LogP contribution is 2.36. The number of alkyl carbamates (subject to hydrolysis) is 4. The Balaban J connectivity index is 0.000000681. The molecule has 2 aromatic rings. The molecule has 2 aromatic carbocycles. The molecule has 0 bridgehead atoms. The minimum atomic E-state index is -3.34. The van der Waals surface area contributed by atoms with E-state index in [0.29, 0.717) is 50.9 Å². The Kier molecular flexibility index (Phi) is 45.7.